The highest BCUT2D eigenvalue weighted by Gasteiger charge is 2.31. The summed E-state index contributed by atoms with van der Waals surface area (Å²) in [5, 5.41) is 3.14. The summed E-state index contributed by atoms with van der Waals surface area (Å²) in [4.78, 5) is 4.35. The molecule has 2 rings (SSSR count). The summed E-state index contributed by atoms with van der Waals surface area (Å²) >= 11 is 1.39. The molecule has 1 unspecified atom stereocenters. The lowest BCUT2D eigenvalue weighted by Gasteiger charge is -2.20. The zero-order valence-electron chi connectivity index (χ0n) is 10.8. The van der Waals surface area contributed by atoms with Gasteiger partial charge in [0.15, 0.2) is 5.17 Å². The van der Waals surface area contributed by atoms with Crippen LogP contribution < -0.4 is 5.32 Å². The third-order valence-electron chi connectivity index (χ3n) is 3.00. The summed E-state index contributed by atoms with van der Waals surface area (Å²) < 4.78 is 51.4. The number of anilines is 1. The maximum atomic E-state index is 13.6. The molecule has 0 radical (unpaired) electrons. The number of amidine groups is 1. The van der Waals surface area contributed by atoms with Gasteiger partial charge in [-0.15, -0.1) is 0 Å². The van der Waals surface area contributed by atoms with Crippen molar-refractivity contribution < 1.29 is 17.6 Å². The lowest BCUT2D eigenvalue weighted by Crippen LogP contribution is -2.20. The van der Waals surface area contributed by atoms with Crippen LogP contribution in [0.2, 0.25) is 0 Å². The number of thioether (sulfide) groups is 1. The number of alkyl halides is 3. The highest BCUT2D eigenvalue weighted by Crippen LogP contribution is 2.32. The van der Waals surface area contributed by atoms with Crippen molar-refractivity contribution in [1.82, 2.24) is 0 Å². The lowest BCUT2D eigenvalue weighted by molar-refractivity contribution is -0.137. The Labute approximate surface area is 118 Å². The van der Waals surface area contributed by atoms with Gasteiger partial charge in [-0.3, -0.25) is 4.99 Å². The third-order valence-corrected chi connectivity index (χ3v) is 3.92. The first-order valence-corrected chi connectivity index (χ1v) is 7.23. The van der Waals surface area contributed by atoms with Crippen molar-refractivity contribution in [2.24, 2.45) is 4.99 Å². The number of hydrogen-bond donors (Lipinski definition) is 1. The zero-order valence-corrected chi connectivity index (χ0v) is 11.6. The Morgan fingerprint density at radius 2 is 2.15 bits per heavy atom. The number of rotatable bonds is 2. The van der Waals surface area contributed by atoms with Gasteiger partial charge < -0.3 is 5.32 Å². The summed E-state index contributed by atoms with van der Waals surface area (Å²) in [6, 6.07) is 2.46. The third kappa shape index (κ3) is 3.65. The van der Waals surface area contributed by atoms with Gasteiger partial charge >= 0.3 is 6.18 Å². The monoisotopic (exact) mass is 306 g/mol. The highest BCUT2D eigenvalue weighted by atomic mass is 32.2. The van der Waals surface area contributed by atoms with Gasteiger partial charge in [-0.2, -0.15) is 13.2 Å². The number of halogens is 4. The number of aliphatic imine (C=N–C) groups is 1. The van der Waals surface area contributed by atoms with Crippen molar-refractivity contribution in [2.75, 3.05) is 11.1 Å². The van der Waals surface area contributed by atoms with Gasteiger partial charge in [0.05, 0.1) is 17.3 Å². The van der Waals surface area contributed by atoms with E-state index in [9.17, 15) is 17.6 Å². The number of hydrogen-bond acceptors (Lipinski definition) is 3. The van der Waals surface area contributed by atoms with Crippen molar-refractivity contribution in [3.8, 4) is 0 Å². The van der Waals surface area contributed by atoms with E-state index >= 15 is 0 Å². The minimum Gasteiger partial charge on any atom is -0.333 e. The van der Waals surface area contributed by atoms with Crippen molar-refractivity contribution in [2.45, 2.75) is 32.0 Å². The van der Waals surface area contributed by atoms with Gasteiger partial charge in [0.1, 0.15) is 5.82 Å². The second kappa shape index (κ2) is 6.03. The summed E-state index contributed by atoms with van der Waals surface area (Å²) in [6.45, 7) is 1.99. The molecule has 0 saturated heterocycles. The van der Waals surface area contributed by atoms with Crippen LogP contribution in [-0.4, -0.2) is 17.0 Å². The van der Waals surface area contributed by atoms with Crippen molar-refractivity contribution in [3.63, 3.8) is 0 Å². The second-order valence-corrected chi connectivity index (χ2v) is 5.53. The summed E-state index contributed by atoms with van der Waals surface area (Å²) in [5.74, 6) is 0.102. The maximum absolute atomic E-state index is 13.6. The van der Waals surface area contributed by atoms with Crippen LogP contribution in [0.1, 0.15) is 25.3 Å². The molecule has 2 nitrogen and oxygen atoms in total. The van der Waals surface area contributed by atoms with E-state index in [0.29, 0.717) is 5.17 Å². The van der Waals surface area contributed by atoms with Gasteiger partial charge in [0, 0.05) is 5.75 Å². The first-order chi connectivity index (χ1) is 9.40. The molecule has 1 aromatic rings. The molecule has 20 heavy (non-hydrogen) atoms. The lowest BCUT2D eigenvalue weighted by atomic mass is 10.2. The predicted molar refractivity (Wildman–Crippen MR) is 73.6 cm³/mol. The summed E-state index contributed by atoms with van der Waals surface area (Å²) in [6.07, 6.45) is -2.70. The number of benzene rings is 1. The molecular formula is C13H14F4N2S. The first kappa shape index (κ1) is 15.2. The van der Waals surface area contributed by atoms with Crippen molar-refractivity contribution in [3.05, 3.63) is 29.6 Å². The van der Waals surface area contributed by atoms with E-state index in [4.69, 9.17) is 0 Å². The zero-order chi connectivity index (χ0) is 14.8. The molecule has 1 N–H and O–H groups in total. The second-order valence-electron chi connectivity index (χ2n) is 4.45. The van der Waals surface area contributed by atoms with Crippen molar-refractivity contribution in [1.29, 1.82) is 0 Å². The van der Waals surface area contributed by atoms with E-state index < -0.39 is 17.6 Å². The quantitative estimate of drug-likeness (QED) is 0.812. The van der Waals surface area contributed by atoms with E-state index in [0.717, 1.165) is 36.8 Å². The standard InChI is InChI=1S/C13H14F4N2S/c1-2-9-5-6-20-12(18-9)19-11-7-8(13(15,16)17)3-4-10(11)14/h3-4,7,9H,2,5-6H2,1H3,(H,18,19). The maximum Gasteiger partial charge on any atom is 0.416 e. The number of nitrogens with one attached hydrogen (secondary N) is 1. The Hall–Kier alpha value is -1.24. The molecule has 1 aliphatic rings. The van der Waals surface area contributed by atoms with Gasteiger partial charge in [-0.05, 0) is 31.0 Å². The Morgan fingerprint density at radius 3 is 2.80 bits per heavy atom. The average molecular weight is 306 g/mol. The van der Waals surface area contributed by atoms with Crippen LogP contribution >= 0.6 is 11.8 Å². The largest absolute Gasteiger partial charge is 0.416 e. The van der Waals surface area contributed by atoms with Crippen LogP contribution in [-0.2, 0) is 6.18 Å². The first-order valence-electron chi connectivity index (χ1n) is 6.24. The van der Waals surface area contributed by atoms with Crippen LogP contribution in [0.3, 0.4) is 0 Å². The molecule has 0 saturated carbocycles. The molecule has 1 aromatic carbocycles. The van der Waals surface area contributed by atoms with Gasteiger partial charge in [0.25, 0.3) is 0 Å². The van der Waals surface area contributed by atoms with Gasteiger partial charge in [0.2, 0.25) is 0 Å². The number of nitrogens with zero attached hydrogens (tertiary/aromatic N) is 1. The molecule has 1 atom stereocenters. The van der Waals surface area contributed by atoms with Crippen LogP contribution in [0.5, 0.6) is 0 Å². The van der Waals surface area contributed by atoms with E-state index in [-0.39, 0.29) is 11.7 Å². The van der Waals surface area contributed by atoms with E-state index in [1.807, 2.05) is 6.92 Å². The van der Waals surface area contributed by atoms with Gasteiger partial charge in [-0.25, -0.2) is 4.39 Å². The molecule has 1 heterocycles. The van der Waals surface area contributed by atoms with Crippen molar-refractivity contribution >= 4 is 22.6 Å². The topological polar surface area (TPSA) is 24.4 Å². The fourth-order valence-electron chi connectivity index (χ4n) is 1.84. The molecule has 0 amide bonds. The Kier molecular flexibility index (Phi) is 4.57. The molecule has 110 valence electrons. The molecule has 0 spiro atoms. The SMILES string of the molecule is CCC1CCSC(Nc2cc(C(F)(F)F)ccc2F)=N1. The molecule has 0 fully saturated rings. The Bertz CT molecular complexity index is 514. The van der Waals surface area contributed by atoms with Crippen LogP contribution in [0.15, 0.2) is 23.2 Å². The molecular weight excluding hydrogens is 292 g/mol. The molecule has 0 aromatic heterocycles. The Balaban J connectivity index is 2.22. The Morgan fingerprint density at radius 1 is 1.40 bits per heavy atom. The van der Waals surface area contributed by atoms with E-state index in [1.165, 1.54) is 11.8 Å². The predicted octanol–water partition coefficient (Wildman–Crippen LogP) is 4.53. The fourth-order valence-corrected chi connectivity index (χ4v) is 2.82. The van der Waals surface area contributed by atoms with Crippen LogP contribution in [0.25, 0.3) is 0 Å². The summed E-state index contributed by atoms with van der Waals surface area (Å²) in [7, 11) is 0. The van der Waals surface area contributed by atoms with Crippen LogP contribution in [0.4, 0.5) is 23.2 Å². The molecule has 0 aliphatic carbocycles. The molecule has 7 heteroatoms. The highest BCUT2D eigenvalue weighted by molar-refractivity contribution is 8.14. The van der Waals surface area contributed by atoms with Crippen LogP contribution in [0, 0.1) is 5.82 Å². The molecule has 1 aliphatic heterocycles. The van der Waals surface area contributed by atoms with E-state index in [2.05, 4.69) is 10.3 Å². The normalized spacial score (nSPS) is 19.6. The average Bonchev–Trinajstić information content (AvgIpc) is 2.40. The molecule has 0 bridgehead atoms. The fraction of sp³-hybridized carbons (Fsp3) is 0.462. The van der Waals surface area contributed by atoms with Gasteiger partial charge in [-0.1, -0.05) is 18.7 Å². The summed E-state index contributed by atoms with van der Waals surface area (Å²) in [5.41, 5.74) is -1.07. The minimum absolute atomic E-state index is 0.146. The smallest absolute Gasteiger partial charge is 0.333 e. The minimum atomic E-state index is -4.49. The van der Waals surface area contributed by atoms with E-state index in [1.54, 1.807) is 0 Å².